The van der Waals surface area contributed by atoms with Crippen molar-refractivity contribution >= 4 is 17.8 Å². The molecule has 1 unspecified atom stereocenters. The van der Waals surface area contributed by atoms with E-state index in [0.717, 1.165) is 32.3 Å². The van der Waals surface area contributed by atoms with Gasteiger partial charge in [-0.3, -0.25) is 4.79 Å². The van der Waals surface area contributed by atoms with Gasteiger partial charge in [0.2, 0.25) is 0 Å². The monoisotopic (exact) mass is 377 g/mol. The Kier molecular flexibility index (Phi) is 6.80. The molecule has 1 aromatic heterocycles. The van der Waals surface area contributed by atoms with E-state index in [1.807, 2.05) is 0 Å². The molecule has 2 saturated heterocycles. The Morgan fingerprint density at radius 1 is 1.26 bits per heavy atom. The minimum absolute atomic E-state index is 0.100. The maximum Gasteiger partial charge on any atom is 0.409 e. The molecule has 0 bridgehead atoms. The molecule has 27 heavy (non-hydrogen) atoms. The zero-order valence-electron chi connectivity index (χ0n) is 15.6. The number of hydrogen-bond acceptors (Lipinski definition) is 7. The summed E-state index contributed by atoms with van der Waals surface area (Å²) in [4.78, 5) is 25.6. The van der Waals surface area contributed by atoms with Gasteiger partial charge in [0.25, 0.3) is 5.91 Å². The van der Waals surface area contributed by atoms with Crippen LogP contribution in [0.5, 0.6) is 0 Å². The fourth-order valence-electron chi connectivity index (χ4n) is 3.26. The molecular weight excluding hydrogens is 350 g/mol. The van der Waals surface area contributed by atoms with Gasteiger partial charge in [0.05, 0.1) is 12.7 Å². The number of carbonyl (C=O) groups is 2. The van der Waals surface area contributed by atoms with Gasteiger partial charge in [-0.25, -0.2) is 4.79 Å². The topological polar surface area (TPSA) is 106 Å². The Hall–Kier alpha value is -2.42. The van der Waals surface area contributed by atoms with Crippen molar-refractivity contribution in [1.29, 1.82) is 0 Å². The maximum absolute atomic E-state index is 12.1. The van der Waals surface area contributed by atoms with Gasteiger partial charge in [0.15, 0.2) is 5.69 Å². The summed E-state index contributed by atoms with van der Waals surface area (Å²) in [6.07, 6.45) is 3.48. The summed E-state index contributed by atoms with van der Waals surface area (Å²) in [7, 11) is 0. The number of carbonyl (C=O) groups excluding carboxylic acids is 2. The van der Waals surface area contributed by atoms with Gasteiger partial charge >= 0.3 is 6.09 Å². The van der Waals surface area contributed by atoms with Crippen LogP contribution in [0.2, 0.25) is 0 Å². The summed E-state index contributed by atoms with van der Waals surface area (Å²) in [6.45, 7) is 4.75. The molecule has 2 fully saturated rings. The molecule has 9 nitrogen and oxygen atoms in total. The third-order valence-electron chi connectivity index (χ3n) is 4.78. The Morgan fingerprint density at radius 3 is 2.70 bits per heavy atom. The SMILES string of the molecule is CCOC(=O)N1CCC(Nc2ccc(C(=O)NCC3CCCO3)nn2)CC1. The second-order valence-electron chi connectivity index (χ2n) is 6.75. The number of amides is 2. The first-order valence-electron chi connectivity index (χ1n) is 9.57. The largest absolute Gasteiger partial charge is 0.450 e. The Morgan fingerprint density at radius 2 is 2.07 bits per heavy atom. The lowest BCUT2D eigenvalue weighted by atomic mass is 10.1. The Bertz CT molecular complexity index is 625. The quantitative estimate of drug-likeness (QED) is 0.772. The van der Waals surface area contributed by atoms with Gasteiger partial charge in [-0.1, -0.05) is 0 Å². The molecule has 1 aromatic rings. The number of piperidine rings is 1. The van der Waals surface area contributed by atoms with Crippen LogP contribution in [-0.2, 0) is 9.47 Å². The summed E-state index contributed by atoms with van der Waals surface area (Å²) >= 11 is 0. The van der Waals surface area contributed by atoms with Crippen LogP contribution in [0.25, 0.3) is 0 Å². The van der Waals surface area contributed by atoms with E-state index in [9.17, 15) is 9.59 Å². The third-order valence-corrected chi connectivity index (χ3v) is 4.78. The zero-order chi connectivity index (χ0) is 19.1. The minimum atomic E-state index is -0.255. The van der Waals surface area contributed by atoms with E-state index in [2.05, 4.69) is 20.8 Å². The molecule has 2 aliphatic heterocycles. The average molecular weight is 377 g/mol. The lowest BCUT2D eigenvalue weighted by Crippen LogP contribution is -2.42. The zero-order valence-corrected chi connectivity index (χ0v) is 15.6. The van der Waals surface area contributed by atoms with E-state index in [-0.39, 0.29) is 29.8 Å². The molecule has 2 amide bonds. The van der Waals surface area contributed by atoms with Crippen molar-refractivity contribution in [3.63, 3.8) is 0 Å². The minimum Gasteiger partial charge on any atom is -0.450 e. The van der Waals surface area contributed by atoms with Crippen LogP contribution in [0, 0.1) is 0 Å². The molecule has 0 radical (unpaired) electrons. The molecule has 0 aliphatic carbocycles. The number of nitrogens with zero attached hydrogens (tertiary/aromatic N) is 3. The number of anilines is 1. The number of hydrogen-bond donors (Lipinski definition) is 2. The number of ether oxygens (including phenoxy) is 2. The molecule has 2 aliphatic rings. The molecular formula is C18H27N5O4. The van der Waals surface area contributed by atoms with Crippen LogP contribution < -0.4 is 10.6 Å². The van der Waals surface area contributed by atoms with Gasteiger partial charge < -0.3 is 25.0 Å². The van der Waals surface area contributed by atoms with E-state index in [1.165, 1.54) is 0 Å². The third kappa shape index (κ3) is 5.53. The predicted molar refractivity (Wildman–Crippen MR) is 98.6 cm³/mol. The van der Waals surface area contributed by atoms with Crippen LogP contribution in [0.15, 0.2) is 12.1 Å². The lowest BCUT2D eigenvalue weighted by Gasteiger charge is -2.31. The smallest absolute Gasteiger partial charge is 0.409 e. The van der Waals surface area contributed by atoms with Crippen LogP contribution in [-0.4, -0.2) is 72.1 Å². The predicted octanol–water partition coefficient (Wildman–Crippen LogP) is 1.42. The van der Waals surface area contributed by atoms with Crippen molar-refractivity contribution in [3.05, 3.63) is 17.8 Å². The fraction of sp³-hybridized carbons (Fsp3) is 0.667. The van der Waals surface area contributed by atoms with E-state index in [1.54, 1.807) is 24.0 Å². The van der Waals surface area contributed by atoms with Gasteiger partial charge in [-0.2, -0.15) is 0 Å². The van der Waals surface area contributed by atoms with E-state index in [0.29, 0.717) is 32.1 Å². The highest BCUT2D eigenvalue weighted by Crippen LogP contribution is 2.16. The number of nitrogens with one attached hydrogen (secondary N) is 2. The highest BCUT2D eigenvalue weighted by atomic mass is 16.6. The number of likely N-dealkylation sites (tertiary alicyclic amines) is 1. The highest BCUT2D eigenvalue weighted by molar-refractivity contribution is 5.92. The molecule has 1 atom stereocenters. The molecule has 3 heterocycles. The van der Waals surface area contributed by atoms with Crippen LogP contribution in [0.4, 0.5) is 10.6 Å². The fourth-order valence-corrected chi connectivity index (χ4v) is 3.26. The first-order chi connectivity index (χ1) is 13.2. The second-order valence-corrected chi connectivity index (χ2v) is 6.75. The van der Waals surface area contributed by atoms with E-state index in [4.69, 9.17) is 9.47 Å². The first kappa shape index (κ1) is 19.3. The van der Waals surface area contributed by atoms with Gasteiger partial charge in [0.1, 0.15) is 5.82 Å². The summed E-state index contributed by atoms with van der Waals surface area (Å²) in [6, 6.07) is 3.63. The summed E-state index contributed by atoms with van der Waals surface area (Å²) in [5, 5.41) is 14.2. The van der Waals surface area contributed by atoms with E-state index >= 15 is 0 Å². The maximum atomic E-state index is 12.1. The normalized spacial score (nSPS) is 20.3. The van der Waals surface area contributed by atoms with Crippen LogP contribution >= 0.6 is 0 Å². The first-order valence-corrected chi connectivity index (χ1v) is 9.57. The Labute approximate surface area is 158 Å². The highest BCUT2D eigenvalue weighted by Gasteiger charge is 2.24. The summed E-state index contributed by atoms with van der Waals surface area (Å²) < 4.78 is 10.5. The average Bonchev–Trinajstić information content (AvgIpc) is 3.21. The molecule has 9 heteroatoms. The molecule has 2 N–H and O–H groups in total. The van der Waals surface area contributed by atoms with Crippen LogP contribution in [0.1, 0.15) is 43.1 Å². The molecule has 0 saturated carbocycles. The molecule has 0 aromatic carbocycles. The van der Waals surface area contributed by atoms with Crippen molar-refractivity contribution in [2.24, 2.45) is 0 Å². The second kappa shape index (κ2) is 9.50. The van der Waals surface area contributed by atoms with Crippen molar-refractivity contribution < 1.29 is 19.1 Å². The lowest BCUT2D eigenvalue weighted by molar-refractivity contribution is 0.0853. The van der Waals surface area contributed by atoms with Crippen molar-refractivity contribution in [1.82, 2.24) is 20.4 Å². The van der Waals surface area contributed by atoms with Gasteiger partial charge in [-0.15, -0.1) is 10.2 Å². The summed E-state index contributed by atoms with van der Waals surface area (Å²) in [5.41, 5.74) is 0.288. The van der Waals surface area contributed by atoms with Crippen molar-refractivity contribution in [2.75, 3.05) is 38.2 Å². The molecule has 3 rings (SSSR count). The standard InChI is InChI=1S/C18H27N5O4/c1-2-26-18(25)23-9-7-13(8-10-23)20-16-6-5-15(21-22-16)17(24)19-12-14-4-3-11-27-14/h5-6,13-14H,2-4,7-12H2,1H3,(H,19,24)(H,20,22). The number of rotatable bonds is 6. The number of aromatic nitrogens is 2. The van der Waals surface area contributed by atoms with Crippen molar-refractivity contribution in [2.45, 2.75) is 44.8 Å². The van der Waals surface area contributed by atoms with Crippen molar-refractivity contribution in [3.8, 4) is 0 Å². The molecule has 0 spiro atoms. The van der Waals surface area contributed by atoms with Gasteiger partial charge in [-0.05, 0) is 44.7 Å². The molecule has 148 valence electrons. The van der Waals surface area contributed by atoms with Gasteiger partial charge in [0, 0.05) is 32.3 Å². The summed E-state index contributed by atoms with van der Waals surface area (Å²) in [5.74, 6) is 0.382. The Balaban J connectivity index is 1.42. The van der Waals surface area contributed by atoms with Crippen LogP contribution in [0.3, 0.4) is 0 Å². The van der Waals surface area contributed by atoms with E-state index < -0.39 is 0 Å².